The van der Waals surface area contributed by atoms with E-state index in [-0.39, 0.29) is 5.41 Å². The fourth-order valence-electron chi connectivity index (χ4n) is 1.66. The van der Waals surface area contributed by atoms with Gasteiger partial charge in [0.2, 0.25) is 0 Å². The van der Waals surface area contributed by atoms with E-state index < -0.39 is 0 Å². The SMILES string of the molecule is CCC(C)(C=O)CCC=C(C)CCC=C(C)C. The third-order valence-corrected chi connectivity index (χ3v) is 3.39. The van der Waals surface area contributed by atoms with Crippen molar-refractivity contribution < 1.29 is 4.79 Å². The molecule has 0 saturated carbocycles. The van der Waals surface area contributed by atoms with Gasteiger partial charge in [-0.1, -0.05) is 37.1 Å². The maximum Gasteiger partial charge on any atom is 0.125 e. The van der Waals surface area contributed by atoms with Crippen molar-refractivity contribution in [3.8, 4) is 0 Å². The third kappa shape index (κ3) is 7.95. The molecule has 0 aromatic heterocycles. The summed E-state index contributed by atoms with van der Waals surface area (Å²) < 4.78 is 0. The monoisotopic (exact) mass is 236 g/mol. The molecular weight excluding hydrogens is 208 g/mol. The van der Waals surface area contributed by atoms with Gasteiger partial charge in [0.05, 0.1) is 0 Å². The Hall–Kier alpha value is -0.850. The lowest BCUT2D eigenvalue weighted by Gasteiger charge is -2.19. The molecule has 0 bridgehead atoms. The van der Waals surface area contributed by atoms with Gasteiger partial charge in [-0.15, -0.1) is 0 Å². The second kappa shape index (κ2) is 8.27. The molecule has 0 heterocycles. The third-order valence-electron chi connectivity index (χ3n) is 3.39. The molecule has 1 unspecified atom stereocenters. The van der Waals surface area contributed by atoms with Crippen LogP contribution in [0.15, 0.2) is 23.3 Å². The van der Waals surface area contributed by atoms with Crippen LogP contribution in [0.5, 0.6) is 0 Å². The summed E-state index contributed by atoms with van der Waals surface area (Å²) in [4.78, 5) is 11.0. The van der Waals surface area contributed by atoms with Crippen molar-refractivity contribution in [3.63, 3.8) is 0 Å². The summed E-state index contributed by atoms with van der Waals surface area (Å²) in [5.74, 6) is 0. The lowest BCUT2D eigenvalue weighted by atomic mass is 9.84. The number of hydrogen-bond acceptors (Lipinski definition) is 1. The van der Waals surface area contributed by atoms with E-state index in [1.165, 1.54) is 11.1 Å². The minimum Gasteiger partial charge on any atom is -0.303 e. The quantitative estimate of drug-likeness (QED) is 0.424. The molecule has 0 amide bonds. The molecular formula is C16H28O. The molecule has 0 N–H and O–H groups in total. The van der Waals surface area contributed by atoms with Crippen LogP contribution in [0.1, 0.15) is 66.7 Å². The van der Waals surface area contributed by atoms with Gasteiger partial charge in [0.15, 0.2) is 0 Å². The molecule has 98 valence electrons. The molecule has 0 aromatic carbocycles. The van der Waals surface area contributed by atoms with Crippen LogP contribution in [-0.2, 0) is 4.79 Å². The summed E-state index contributed by atoms with van der Waals surface area (Å²) >= 11 is 0. The summed E-state index contributed by atoms with van der Waals surface area (Å²) in [5, 5.41) is 0. The van der Waals surface area contributed by atoms with Crippen LogP contribution in [0.4, 0.5) is 0 Å². The molecule has 0 radical (unpaired) electrons. The Morgan fingerprint density at radius 1 is 1.12 bits per heavy atom. The molecule has 0 aliphatic rings. The van der Waals surface area contributed by atoms with Gasteiger partial charge in [-0.2, -0.15) is 0 Å². The van der Waals surface area contributed by atoms with Gasteiger partial charge < -0.3 is 4.79 Å². The number of carbonyl (C=O) groups excluding carboxylic acids is 1. The van der Waals surface area contributed by atoms with Crippen molar-refractivity contribution >= 4 is 6.29 Å². The Morgan fingerprint density at radius 2 is 1.76 bits per heavy atom. The van der Waals surface area contributed by atoms with Gasteiger partial charge in [-0.3, -0.25) is 0 Å². The molecule has 0 rings (SSSR count). The van der Waals surface area contributed by atoms with Crippen LogP contribution in [-0.4, -0.2) is 6.29 Å². The van der Waals surface area contributed by atoms with Crippen LogP contribution in [0, 0.1) is 5.41 Å². The second-order valence-corrected chi connectivity index (χ2v) is 5.53. The lowest BCUT2D eigenvalue weighted by molar-refractivity contribution is -0.115. The summed E-state index contributed by atoms with van der Waals surface area (Å²) in [6.45, 7) is 10.6. The average molecular weight is 236 g/mol. The number of rotatable bonds is 8. The standard InChI is InChI=1S/C16H28O/c1-6-16(5,13-17)12-8-11-15(4)10-7-9-14(2)3/h9,11,13H,6-8,10,12H2,1-5H3. The van der Waals surface area contributed by atoms with Crippen LogP contribution in [0.25, 0.3) is 0 Å². The Morgan fingerprint density at radius 3 is 2.24 bits per heavy atom. The van der Waals surface area contributed by atoms with E-state index >= 15 is 0 Å². The summed E-state index contributed by atoms with van der Waals surface area (Å²) in [6, 6.07) is 0. The zero-order chi connectivity index (χ0) is 13.3. The Kier molecular flexibility index (Phi) is 7.86. The molecule has 0 aliphatic heterocycles. The maximum atomic E-state index is 11.0. The number of carbonyl (C=O) groups is 1. The Bertz CT molecular complexity index is 282. The van der Waals surface area contributed by atoms with Gasteiger partial charge >= 0.3 is 0 Å². The minimum absolute atomic E-state index is 0.128. The number of aldehydes is 1. The van der Waals surface area contributed by atoms with E-state index in [2.05, 4.69) is 39.8 Å². The maximum absolute atomic E-state index is 11.0. The molecule has 0 spiro atoms. The molecule has 1 atom stereocenters. The largest absolute Gasteiger partial charge is 0.303 e. The highest BCUT2D eigenvalue weighted by Gasteiger charge is 2.19. The van der Waals surface area contributed by atoms with Crippen LogP contribution < -0.4 is 0 Å². The summed E-state index contributed by atoms with van der Waals surface area (Å²) in [5.41, 5.74) is 2.70. The lowest BCUT2D eigenvalue weighted by Crippen LogP contribution is -2.16. The molecule has 0 saturated heterocycles. The smallest absolute Gasteiger partial charge is 0.125 e. The van der Waals surface area contributed by atoms with Crippen molar-refractivity contribution in [3.05, 3.63) is 23.3 Å². The first-order chi connectivity index (χ1) is 7.93. The first kappa shape index (κ1) is 16.1. The van der Waals surface area contributed by atoms with Gasteiger partial charge in [0.25, 0.3) is 0 Å². The predicted molar refractivity (Wildman–Crippen MR) is 76.1 cm³/mol. The van der Waals surface area contributed by atoms with Gasteiger partial charge in [0, 0.05) is 5.41 Å². The average Bonchev–Trinajstić information content (AvgIpc) is 2.28. The zero-order valence-electron chi connectivity index (χ0n) is 12.2. The Labute approximate surface area is 107 Å². The topological polar surface area (TPSA) is 17.1 Å². The number of allylic oxidation sites excluding steroid dienone is 4. The van der Waals surface area contributed by atoms with Crippen molar-refractivity contribution in [2.45, 2.75) is 66.7 Å². The van der Waals surface area contributed by atoms with Gasteiger partial charge in [-0.25, -0.2) is 0 Å². The molecule has 17 heavy (non-hydrogen) atoms. The summed E-state index contributed by atoms with van der Waals surface area (Å²) in [7, 11) is 0. The van der Waals surface area contributed by atoms with Gasteiger partial charge in [-0.05, 0) is 52.9 Å². The van der Waals surface area contributed by atoms with E-state index in [0.29, 0.717) is 0 Å². The highest BCUT2D eigenvalue weighted by molar-refractivity contribution is 5.58. The molecule has 1 heteroatoms. The van der Waals surface area contributed by atoms with Crippen molar-refractivity contribution in [2.24, 2.45) is 5.41 Å². The van der Waals surface area contributed by atoms with E-state index in [4.69, 9.17) is 0 Å². The number of hydrogen-bond donors (Lipinski definition) is 0. The van der Waals surface area contributed by atoms with Gasteiger partial charge in [0.1, 0.15) is 6.29 Å². The predicted octanol–water partition coefficient (Wildman–Crippen LogP) is 5.07. The van der Waals surface area contributed by atoms with E-state index in [9.17, 15) is 4.79 Å². The molecule has 0 aliphatic carbocycles. The van der Waals surface area contributed by atoms with E-state index in [1.54, 1.807) is 0 Å². The first-order valence-electron chi connectivity index (χ1n) is 6.69. The molecule has 1 nitrogen and oxygen atoms in total. The van der Waals surface area contributed by atoms with Crippen molar-refractivity contribution in [2.75, 3.05) is 0 Å². The molecule has 0 aromatic rings. The van der Waals surface area contributed by atoms with Crippen LogP contribution in [0.2, 0.25) is 0 Å². The van der Waals surface area contributed by atoms with Crippen molar-refractivity contribution in [1.82, 2.24) is 0 Å². The fourth-order valence-corrected chi connectivity index (χ4v) is 1.66. The Balaban J connectivity index is 3.99. The first-order valence-corrected chi connectivity index (χ1v) is 6.69. The normalized spacial score (nSPS) is 15.2. The fraction of sp³-hybridized carbons (Fsp3) is 0.688. The second-order valence-electron chi connectivity index (χ2n) is 5.53. The highest BCUT2D eigenvalue weighted by Crippen LogP contribution is 2.25. The highest BCUT2D eigenvalue weighted by atomic mass is 16.1. The van der Waals surface area contributed by atoms with Crippen LogP contribution in [0.3, 0.4) is 0 Å². The van der Waals surface area contributed by atoms with E-state index in [1.807, 2.05) is 6.92 Å². The zero-order valence-corrected chi connectivity index (χ0v) is 12.2. The molecule has 0 fully saturated rings. The minimum atomic E-state index is -0.128. The van der Waals surface area contributed by atoms with E-state index in [0.717, 1.165) is 38.4 Å². The van der Waals surface area contributed by atoms with Crippen LogP contribution >= 0.6 is 0 Å². The van der Waals surface area contributed by atoms with Crippen molar-refractivity contribution in [1.29, 1.82) is 0 Å². The summed E-state index contributed by atoms with van der Waals surface area (Å²) in [6.07, 6.45) is 10.9.